The zero-order chi connectivity index (χ0) is 16.4. The smallest absolute Gasteiger partial charge is 0.407 e. The summed E-state index contributed by atoms with van der Waals surface area (Å²) in [6, 6.07) is 6.35. The van der Waals surface area contributed by atoms with Crippen molar-refractivity contribution in [3.05, 3.63) is 35.4 Å². The Labute approximate surface area is 141 Å². The maximum absolute atomic E-state index is 11.5. The van der Waals surface area contributed by atoms with Crippen molar-refractivity contribution in [2.24, 2.45) is 5.73 Å². The lowest BCUT2D eigenvalue weighted by Gasteiger charge is -2.08. The van der Waals surface area contributed by atoms with Crippen LogP contribution in [0.1, 0.15) is 30.4 Å². The van der Waals surface area contributed by atoms with Gasteiger partial charge in [-0.3, -0.25) is 4.79 Å². The molecule has 4 N–H and O–H groups in total. The number of alkyl carbamates (subject to hydrolysis) is 1. The highest BCUT2D eigenvalue weighted by Gasteiger charge is 2.10. The zero-order valence-corrected chi connectivity index (χ0v) is 13.5. The molecule has 0 aromatic heterocycles. The number of ether oxygens (including phenoxy) is 1. The molecule has 0 aliphatic rings. The molecule has 7 heteroatoms. The second-order valence-electron chi connectivity index (χ2n) is 4.79. The Kier molecular flexibility index (Phi) is 10.3. The Morgan fingerprint density at radius 3 is 2.78 bits per heavy atom. The van der Waals surface area contributed by atoms with E-state index in [4.69, 9.17) is 22.0 Å². The van der Waals surface area contributed by atoms with Gasteiger partial charge in [0.15, 0.2) is 0 Å². The SMILES string of the molecule is C#Cc1cccc(COC(=O)NCCCCC(N)C(=O)O)c1.Cl. The topological polar surface area (TPSA) is 102 Å². The predicted molar refractivity (Wildman–Crippen MR) is 89.3 cm³/mol. The van der Waals surface area contributed by atoms with Gasteiger partial charge in [0.25, 0.3) is 0 Å². The Hall–Kier alpha value is -2.23. The van der Waals surface area contributed by atoms with Crippen molar-refractivity contribution in [3.8, 4) is 12.3 Å². The lowest BCUT2D eigenvalue weighted by atomic mass is 10.1. The molecule has 0 fully saturated rings. The third-order valence-corrected chi connectivity index (χ3v) is 2.99. The van der Waals surface area contributed by atoms with Crippen LogP contribution in [0.3, 0.4) is 0 Å². The number of aliphatic carboxylic acids is 1. The zero-order valence-electron chi connectivity index (χ0n) is 12.7. The number of benzene rings is 1. The molecular weight excluding hydrogens is 320 g/mol. The number of carbonyl (C=O) groups is 2. The first-order valence-corrected chi connectivity index (χ1v) is 6.97. The molecule has 0 saturated heterocycles. The molecule has 1 aromatic carbocycles. The number of carboxylic acids is 1. The summed E-state index contributed by atoms with van der Waals surface area (Å²) in [5.41, 5.74) is 6.92. The molecule has 1 rings (SSSR count). The number of unbranched alkanes of at least 4 members (excludes halogenated alkanes) is 1. The normalized spacial score (nSPS) is 10.8. The molecule has 0 bridgehead atoms. The van der Waals surface area contributed by atoms with Gasteiger partial charge in [-0.25, -0.2) is 4.79 Å². The Bertz CT molecular complexity index is 557. The molecule has 1 unspecified atom stereocenters. The van der Waals surface area contributed by atoms with Crippen LogP contribution in [-0.4, -0.2) is 29.8 Å². The summed E-state index contributed by atoms with van der Waals surface area (Å²) in [6.45, 7) is 0.556. The first-order valence-electron chi connectivity index (χ1n) is 6.97. The standard InChI is InChI=1S/C16H20N2O4.ClH/c1-2-12-6-5-7-13(10-12)11-22-16(21)18-9-4-3-8-14(17)15(19)20;/h1,5-7,10,14H,3-4,8-9,11,17H2,(H,18,21)(H,19,20);1H. The van der Waals surface area contributed by atoms with Crippen molar-refractivity contribution in [1.82, 2.24) is 5.32 Å². The summed E-state index contributed by atoms with van der Waals surface area (Å²) >= 11 is 0. The molecule has 126 valence electrons. The van der Waals surface area contributed by atoms with E-state index < -0.39 is 18.1 Å². The first kappa shape index (κ1) is 20.8. The van der Waals surface area contributed by atoms with Crippen LogP contribution in [-0.2, 0) is 16.1 Å². The predicted octanol–water partition coefficient (Wildman–Crippen LogP) is 1.90. The number of nitrogens with two attached hydrogens (primary N) is 1. The molecule has 0 heterocycles. The number of carbonyl (C=O) groups excluding carboxylic acids is 1. The number of carboxylic acid groups (broad SMARTS) is 1. The van der Waals surface area contributed by atoms with E-state index in [0.717, 1.165) is 11.1 Å². The maximum Gasteiger partial charge on any atom is 0.407 e. The van der Waals surface area contributed by atoms with Crippen LogP contribution in [0, 0.1) is 12.3 Å². The van der Waals surface area contributed by atoms with Crippen LogP contribution in [0.15, 0.2) is 24.3 Å². The van der Waals surface area contributed by atoms with Crippen LogP contribution in [0.5, 0.6) is 0 Å². The van der Waals surface area contributed by atoms with E-state index in [1.807, 2.05) is 6.07 Å². The van der Waals surface area contributed by atoms with Gasteiger partial charge >= 0.3 is 12.1 Å². The molecule has 6 nitrogen and oxygen atoms in total. The molecular formula is C16H21ClN2O4. The van der Waals surface area contributed by atoms with Crippen LogP contribution >= 0.6 is 12.4 Å². The van der Waals surface area contributed by atoms with Gasteiger partial charge in [0.1, 0.15) is 12.6 Å². The summed E-state index contributed by atoms with van der Waals surface area (Å²) in [4.78, 5) is 22.0. The molecule has 0 spiro atoms. The molecule has 1 amide bonds. The fraction of sp³-hybridized carbons (Fsp3) is 0.375. The van der Waals surface area contributed by atoms with E-state index in [9.17, 15) is 9.59 Å². The van der Waals surface area contributed by atoms with E-state index in [2.05, 4.69) is 11.2 Å². The first-order chi connectivity index (χ1) is 10.5. The second-order valence-corrected chi connectivity index (χ2v) is 4.79. The van der Waals surface area contributed by atoms with E-state index in [1.54, 1.807) is 18.2 Å². The summed E-state index contributed by atoms with van der Waals surface area (Å²) in [7, 11) is 0. The van der Waals surface area contributed by atoms with Gasteiger partial charge in [-0.1, -0.05) is 18.1 Å². The maximum atomic E-state index is 11.5. The highest BCUT2D eigenvalue weighted by atomic mass is 35.5. The highest BCUT2D eigenvalue weighted by Crippen LogP contribution is 2.05. The van der Waals surface area contributed by atoms with Crippen molar-refractivity contribution < 1.29 is 19.4 Å². The minimum atomic E-state index is -1.01. The molecule has 23 heavy (non-hydrogen) atoms. The highest BCUT2D eigenvalue weighted by molar-refractivity contribution is 5.85. The van der Waals surface area contributed by atoms with Crippen molar-refractivity contribution in [3.63, 3.8) is 0 Å². The molecule has 0 radical (unpaired) electrons. The van der Waals surface area contributed by atoms with Gasteiger partial charge in [-0.2, -0.15) is 0 Å². The van der Waals surface area contributed by atoms with Gasteiger partial charge in [0.05, 0.1) is 0 Å². The summed E-state index contributed by atoms with van der Waals surface area (Å²) < 4.78 is 5.06. The number of terminal acetylenes is 1. The minimum absolute atomic E-state index is 0. The number of halogens is 1. The van der Waals surface area contributed by atoms with Crippen LogP contribution in [0.25, 0.3) is 0 Å². The van der Waals surface area contributed by atoms with Gasteiger partial charge < -0.3 is 20.9 Å². The lowest BCUT2D eigenvalue weighted by Crippen LogP contribution is -2.30. The van der Waals surface area contributed by atoms with Crippen LogP contribution in [0.4, 0.5) is 4.79 Å². The number of hydrogen-bond donors (Lipinski definition) is 3. The number of nitrogens with one attached hydrogen (secondary N) is 1. The van der Waals surface area contributed by atoms with Crippen molar-refractivity contribution >= 4 is 24.5 Å². The van der Waals surface area contributed by atoms with E-state index >= 15 is 0 Å². The molecule has 0 aliphatic heterocycles. The van der Waals surface area contributed by atoms with Gasteiger partial charge in [0, 0.05) is 12.1 Å². The Balaban J connectivity index is 0.00000484. The summed E-state index contributed by atoms with van der Waals surface area (Å²) in [5, 5.41) is 11.2. The molecule has 0 aliphatic carbocycles. The fourth-order valence-electron chi connectivity index (χ4n) is 1.75. The average molecular weight is 341 g/mol. The number of amides is 1. The Morgan fingerprint density at radius 2 is 2.13 bits per heavy atom. The van der Waals surface area contributed by atoms with Crippen molar-refractivity contribution in [1.29, 1.82) is 0 Å². The largest absolute Gasteiger partial charge is 0.480 e. The number of hydrogen-bond acceptors (Lipinski definition) is 4. The number of rotatable bonds is 8. The van der Waals surface area contributed by atoms with Crippen molar-refractivity contribution in [2.45, 2.75) is 31.9 Å². The summed E-state index contributed by atoms with van der Waals surface area (Å²) in [5.74, 6) is 1.50. The van der Waals surface area contributed by atoms with Gasteiger partial charge in [-0.15, -0.1) is 18.8 Å². The Morgan fingerprint density at radius 1 is 1.39 bits per heavy atom. The molecule has 1 aromatic rings. The van der Waals surface area contributed by atoms with Crippen LogP contribution < -0.4 is 11.1 Å². The summed E-state index contributed by atoms with van der Waals surface area (Å²) in [6.07, 6.45) is 6.42. The third kappa shape index (κ3) is 8.71. The van der Waals surface area contributed by atoms with E-state index in [1.165, 1.54) is 0 Å². The second kappa shape index (κ2) is 11.4. The fourth-order valence-corrected chi connectivity index (χ4v) is 1.75. The van der Waals surface area contributed by atoms with Gasteiger partial charge in [0.2, 0.25) is 0 Å². The van der Waals surface area contributed by atoms with Gasteiger partial charge in [-0.05, 0) is 37.0 Å². The van der Waals surface area contributed by atoms with Crippen LogP contribution in [0.2, 0.25) is 0 Å². The lowest BCUT2D eigenvalue weighted by molar-refractivity contribution is -0.138. The minimum Gasteiger partial charge on any atom is -0.480 e. The quantitative estimate of drug-likeness (QED) is 0.495. The van der Waals surface area contributed by atoms with E-state index in [0.29, 0.717) is 25.8 Å². The van der Waals surface area contributed by atoms with E-state index in [-0.39, 0.29) is 19.0 Å². The average Bonchev–Trinajstić information content (AvgIpc) is 2.52. The third-order valence-electron chi connectivity index (χ3n) is 2.99. The molecule has 0 saturated carbocycles. The monoisotopic (exact) mass is 340 g/mol. The molecule has 1 atom stereocenters. The van der Waals surface area contributed by atoms with Crippen molar-refractivity contribution in [2.75, 3.05) is 6.54 Å².